The number of methoxy groups -OCH3 is 1. The predicted molar refractivity (Wildman–Crippen MR) is 121 cm³/mol. The van der Waals surface area contributed by atoms with Crippen molar-refractivity contribution >= 4 is 5.69 Å². The lowest BCUT2D eigenvalue weighted by Crippen LogP contribution is -2.37. The van der Waals surface area contributed by atoms with Gasteiger partial charge in [-0.15, -0.1) is 0 Å². The van der Waals surface area contributed by atoms with Crippen LogP contribution in [-0.4, -0.2) is 38.0 Å². The number of aromatic nitrogens is 1. The Morgan fingerprint density at radius 1 is 0.919 bits per heavy atom. The van der Waals surface area contributed by atoms with Crippen molar-refractivity contribution in [1.29, 1.82) is 5.26 Å². The molecule has 0 saturated carbocycles. The van der Waals surface area contributed by atoms with E-state index in [1.54, 1.807) is 19.2 Å². The summed E-state index contributed by atoms with van der Waals surface area (Å²) in [7, 11) is 1.56. The Hall–Kier alpha value is -4.14. The zero-order valence-corrected chi connectivity index (χ0v) is 19.4. The normalized spacial score (nSPS) is 11.5. The molecule has 0 aliphatic rings. The minimum atomic E-state index is -4.90. The van der Waals surface area contributed by atoms with Gasteiger partial charge in [-0.1, -0.05) is 12.1 Å². The summed E-state index contributed by atoms with van der Waals surface area (Å²) in [6.45, 7) is -1.91. The average molecular weight is 525 g/mol. The molecule has 0 bridgehead atoms. The molecule has 0 unspecified atom stereocenters. The third-order valence-electron chi connectivity index (χ3n) is 5.05. The van der Waals surface area contributed by atoms with Crippen LogP contribution in [-0.2, 0) is 12.8 Å². The van der Waals surface area contributed by atoms with Crippen molar-refractivity contribution in [2.75, 3.05) is 31.7 Å². The molecule has 0 fully saturated rings. The monoisotopic (exact) mass is 525 g/mol. The molecule has 37 heavy (non-hydrogen) atoms. The Bertz CT molecular complexity index is 1210. The maximum atomic E-state index is 13.3. The minimum Gasteiger partial charge on any atom is -0.497 e. The van der Waals surface area contributed by atoms with Crippen molar-refractivity contribution in [1.82, 2.24) is 4.98 Å². The Balaban J connectivity index is 1.62. The third-order valence-corrected chi connectivity index (χ3v) is 5.05. The van der Waals surface area contributed by atoms with Gasteiger partial charge in [-0.05, 0) is 42.0 Å². The van der Waals surface area contributed by atoms with Crippen LogP contribution in [0.15, 0.2) is 60.8 Å². The number of alkyl halides is 6. The van der Waals surface area contributed by atoms with Crippen molar-refractivity contribution in [2.45, 2.75) is 19.0 Å². The highest BCUT2D eigenvalue weighted by molar-refractivity contribution is 5.55. The zero-order valence-electron chi connectivity index (χ0n) is 19.4. The molecule has 12 heteroatoms. The Morgan fingerprint density at radius 2 is 1.62 bits per heavy atom. The van der Waals surface area contributed by atoms with Crippen LogP contribution in [0, 0.1) is 11.3 Å². The fraction of sp³-hybridized carbons (Fsp3) is 0.280. The molecule has 0 radical (unpaired) electrons. The van der Waals surface area contributed by atoms with Crippen molar-refractivity contribution < 1.29 is 40.6 Å². The van der Waals surface area contributed by atoms with Crippen LogP contribution in [0.3, 0.4) is 0 Å². The summed E-state index contributed by atoms with van der Waals surface area (Å²) >= 11 is 0. The lowest BCUT2D eigenvalue weighted by atomic mass is 10.1. The number of hydrogen-bond donors (Lipinski definition) is 0. The first kappa shape index (κ1) is 27.4. The molecule has 0 spiro atoms. The average Bonchev–Trinajstić information content (AvgIpc) is 2.86. The summed E-state index contributed by atoms with van der Waals surface area (Å²) in [6.07, 6.45) is -8.26. The number of nitrogens with zero attached hydrogens (tertiary/aromatic N) is 3. The molecule has 196 valence electrons. The highest BCUT2D eigenvalue weighted by Gasteiger charge is 2.36. The van der Waals surface area contributed by atoms with Crippen LogP contribution in [0.25, 0.3) is 0 Å². The minimum absolute atomic E-state index is 0.236. The van der Waals surface area contributed by atoms with Gasteiger partial charge in [0.1, 0.15) is 31.3 Å². The van der Waals surface area contributed by atoms with E-state index < -0.39 is 30.0 Å². The van der Waals surface area contributed by atoms with Crippen LogP contribution < -0.4 is 19.1 Å². The van der Waals surface area contributed by atoms with Gasteiger partial charge in [-0.3, -0.25) is 0 Å². The van der Waals surface area contributed by atoms with Gasteiger partial charge in [0.2, 0.25) is 5.88 Å². The topological polar surface area (TPSA) is 67.6 Å². The second kappa shape index (κ2) is 11.7. The Labute approximate surface area is 208 Å². The standard InChI is InChI=1S/C25H21F6N3O3/c1-35-20-6-2-17(3-7-20)15-37-23-9-8-21(14-33-23)36-11-10-34(16-24(26,27)28)19-5-4-18(13-32)22(12-19)25(29,30)31/h2-9,12,14H,10-11,15-16H2,1H3. The molecule has 0 saturated heterocycles. The number of hydrogen-bond acceptors (Lipinski definition) is 6. The van der Waals surface area contributed by atoms with Crippen molar-refractivity contribution in [3.8, 4) is 23.4 Å². The van der Waals surface area contributed by atoms with Crippen LogP contribution in [0.5, 0.6) is 17.4 Å². The number of benzene rings is 2. The molecule has 0 atom stereocenters. The van der Waals surface area contributed by atoms with Gasteiger partial charge in [0.15, 0.2) is 0 Å². The van der Waals surface area contributed by atoms with Crippen LogP contribution in [0.2, 0.25) is 0 Å². The van der Waals surface area contributed by atoms with Crippen LogP contribution in [0.1, 0.15) is 16.7 Å². The smallest absolute Gasteiger partial charge is 0.417 e. The van der Waals surface area contributed by atoms with E-state index in [0.29, 0.717) is 22.6 Å². The van der Waals surface area contributed by atoms with Crippen LogP contribution >= 0.6 is 0 Å². The molecule has 0 amide bonds. The molecule has 0 aliphatic heterocycles. The third kappa shape index (κ3) is 8.20. The summed E-state index contributed by atoms with van der Waals surface area (Å²) < 4.78 is 95.2. The predicted octanol–water partition coefficient (Wildman–Crippen LogP) is 6.01. The highest BCUT2D eigenvalue weighted by atomic mass is 19.4. The van der Waals surface area contributed by atoms with E-state index in [4.69, 9.17) is 19.5 Å². The largest absolute Gasteiger partial charge is 0.497 e. The lowest BCUT2D eigenvalue weighted by molar-refractivity contribution is -0.137. The van der Waals surface area contributed by atoms with Gasteiger partial charge >= 0.3 is 12.4 Å². The van der Waals surface area contributed by atoms with E-state index in [1.165, 1.54) is 24.4 Å². The molecule has 3 rings (SSSR count). The van der Waals surface area contributed by atoms with E-state index in [9.17, 15) is 26.3 Å². The second-order valence-corrected chi connectivity index (χ2v) is 7.69. The molecular weight excluding hydrogens is 504 g/mol. The molecular formula is C25H21F6N3O3. The van der Waals surface area contributed by atoms with Gasteiger partial charge in [0.05, 0.1) is 37.0 Å². The molecule has 1 aromatic heterocycles. The molecule has 2 aromatic carbocycles. The summed E-state index contributed by atoms with van der Waals surface area (Å²) in [5, 5.41) is 8.91. The first-order chi connectivity index (χ1) is 17.5. The Morgan fingerprint density at radius 3 is 2.19 bits per heavy atom. The number of halogens is 6. The number of anilines is 1. The number of pyridine rings is 1. The molecule has 0 aliphatic carbocycles. The van der Waals surface area contributed by atoms with Gasteiger partial charge in [-0.25, -0.2) is 4.98 Å². The van der Waals surface area contributed by atoms with Crippen molar-refractivity contribution in [3.63, 3.8) is 0 Å². The van der Waals surface area contributed by atoms with Crippen LogP contribution in [0.4, 0.5) is 32.0 Å². The van der Waals surface area contributed by atoms with Gasteiger partial charge in [-0.2, -0.15) is 31.6 Å². The summed E-state index contributed by atoms with van der Waals surface area (Å²) in [6, 6.07) is 14.1. The highest BCUT2D eigenvalue weighted by Crippen LogP contribution is 2.35. The number of nitriles is 1. The Kier molecular flexibility index (Phi) is 8.70. The molecule has 6 nitrogen and oxygen atoms in total. The first-order valence-electron chi connectivity index (χ1n) is 10.8. The number of rotatable bonds is 10. The van der Waals surface area contributed by atoms with E-state index in [-0.39, 0.29) is 31.2 Å². The first-order valence-corrected chi connectivity index (χ1v) is 10.8. The van der Waals surface area contributed by atoms with Gasteiger partial charge in [0.25, 0.3) is 0 Å². The number of ether oxygens (including phenoxy) is 3. The van der Waals surface area contributed by atoms with E-state index in [1.807, 2.05) is 12.1 Å². The quantitative estimate of drug-likeness (QED) is 0.302. The SMILES string of the molecule is COc1ccc(COc2ccc(OCCN(CC(F)(F)F)c3ccc(C#N)c(C(F)(F)F)c3)cn2)cc1. The molecule has 3 aromatic rings. The summed E-state index contributed by atoms with van der Waals surface area (Å²) in [4.78, 5) is 4.78. The van der Waals surface area contributed by atoms with Gasteiger partial charge < -0.3 is 19.1 Å². The maximum Gasteiger partial charge on any atom is 0.417 e. The fourth-order valence-corrected chi connectivity index (χ4v) is 3.27. The van der Waals surface area contributed by atoms with Crippen molar-refractivity contribution in [2.24, 2.45) is 0 Å². The van der Waals surface area contributed by atoms with E-state index >= 15 is 0 Å². The summed E-state index contributed by atoms with van der Waals surface area (Å²) in [5.74, 6) is 1.23. The summed E-state index contributed by atoms with van der Waals surface area (Å²) in [5.41, 5.74) is -1.45. The molecule has 0 N–H and O–H groups in total. The lowest BCUT2D eigenvalue weighted by Gasteiger charge is -2.27. The molecule has 1 heterocycles. The van der Waals surface area contributed by atoms with E-state index in [2.05, 4.69) is 4.98 Å². The van der Waals surface area contributed by atoms with Gasteiger partial charge in [0, 0.05) is 11.8 Å². The van der Waals surface area contributed by atoms with Crippen molar-refractivity contribution in [3.05, 3.63) is 77.5 Å². The fourth-order valence-electron chi connectivity index (χ4n) is 3.27. The second-order valence-electron chi connectivity index (χ2n) is 7.69. The zero-order chi connectivity index (χ0) is 27.1. The maximum absolute atomic E-state index is 13.3. The van der Waals surface area contributed by atoms with E-state index in [0.717, 1.165) is 17.7 Å².